The molecule has 0 saturated carbocycles. The molecule has 2 aromatic rings. The number of ether oxygens (including phenoxy) is 2. The minimum absolute atomic E-state index is 0.00614. The van der Waals surface area contributed by atoms with Crippen molar-refractivity contribution in [2.45, 2.75) is 64.4 Å². The highest BCUT2D eigenvalue weighted by molar-refractivity contribution is 14.1. The summed E-state index contributed by atoms with van der Waals surface area (Å²) >= 11 is 2.28. The van der Waals surface area contributed by atoms with Gasteiger partial charge in [0.05, 0.1) is 18.0 Å². The predicted molar refractivity (Wildman–Crippen MR) is 116 cm³/mol. The molecule has 2 heterocycles. The van der Waals surface area contributed by atoms with Crippen LogP contribution in [0.1, 0.15) is 46.3 Å². The van der Waals surface area contributed by atoms with E-state index in [1.54, 1.807) is 7.11 Å². The van der Waals surface area contributed by atoms with E-state index in [2.05, 4.69) is 62.5 Å². The van der Waals surface area contributed by atoms with Gasteiger partial charge in [-0.2, -0.15) is 5.10 Å². The van der Waals surface area contributed by atoms with E-state index in [1.165, 1.54) is 6.42 Å². The molecule has 0 aliphatic carbocycles. The van der Waals surface area contributed by atoms with E-state index in [9.17, 15) is 0 Å². The molecule has 0 N–H and O–H groups in total. The molecular weight excluding hydrogens is 459 g/mol. The summed E-state index contributed by atoms with van der Waals surface area (Å²) in [6, 6.07) is 4.12. The molecule has 1 atom stereocenters. The third kappa shape index (κ3) is 3.62. The SMILES string of the molecule is COc1c(O[Si](C)(C)C(C)(C)C)ccc2c1c(I)nn2C1CCCCO1. The first-order chi connectivity index (χ1) is 12.2. The van der Waals surface area contributed by atoms with E-state index >= 15 is 0 Å². The van der Waals surface area contributed by atoms with Crippen LogP contribution in [-0.2, 0) is 4.74 Å². The van der Waals surface area contributed by atoms with Gasteiger partial charge in [-0.3, -0.25) is 0 Å². The summed E-state index contributed by atoms with van der Waals surface area (Å²) in [4.78, 5) is 0. The van der Waals surface area contributed by atoms with Crippen LogP contribution in [0.25, 0.3) is 10.9 Å². The van der Waals surface area contributed by atoms with Crippen LogP contribution >= 0.6 is 22.6 Å². The molecule has 1 aliphatic heterocycles. The highest BCUT2D eigenvalue weighted by Gasteiger charge is 2.40. The van der Waals surface area contributed by atoms with Crippen LogP contribution < -0.4 is 9.16 Å². The molecule has 0 amide bonds. The Labute approximate surface area is 170 Å². The Morgan fingerprint density at radius 1 is 1.27 bits per heavy atom. The Bertz CT molecular complexity index is 792. The number of methoxy groups -OCH3 is 1. The second kappa shape index (κ2) is 7.31. The minimum atomic E-state index is -1.96. The highest BCUT2D eigenvalue weighted by Crippen LogP contribution is 2.44. The summed E-state index contributed by atoms with van der Waals surface area (Å²) in [5.41, 5.74) is 1.04. The molecule has 1 aromatic heterocycles. The van der Waals surface area contributed by atoms with Crippen molar-refractivity contribution < 1.29 is 13.9 Å². The van der Waals surface area contributed by atoms with Gasteiger partial charge in [-0.05, 0) is 72.1 Å². The number of benzene rings is 1. The summed E-state index contributed by atoms with van der Waals surface area (Å²) in [6.45, 7) is 12.0. The molecule has 1 fully saturated rings. The Balaban J connectivity index is 2.07. The summed E-state index contributed by atoms with van der Waals surface area (Å²) < 4.78 is 21.2. The van der Waals surface area contributed by atoms with Crippen LogP contribution in [0.2, 0.25) is 18.1 Å². The van der Waals surface area contributed by atoms with Crippen molar-refractivity contribution in [1.29, 1.82) is 0 Å². The second-order valence-corrected chi connectivity index (χ2v) is 14.2. The maximum Gasteiger partial charge on any atom is 0.250 e. The first kappa shape index (κ1) is 19.9. The molecular formula is C19H29IN2O3Si. The fourth-order valence-electron chi connectivity index (χ4n) is 2.99. The molecule has 0 spiro atoms. The quantitative estimate of drug-likeness (QED) is 0.407. The molecule has 7 heteroatoms. The molecule has 5 nitrogen and oxygen atoms in total. The van der Waals surface area contributed by atoms with Gasteiger partial charge in [0.2, 0.25) is 0 Å². The van der Waals surface area contributed by atoms with Gasteiger partial charge < -0.3 is 13.9 Å². The number of nitrogens with zero attached hydrogens (tertiary/aromatic N) is 2. The summed E-state index contributed by atoms with van der Waals surface area (Å²) in [7, 11) is -0.252. The number of fused-ring (bicyclic) bond motifs is 1. The van der Waals surface area contributed by atoms with Crippen LogP contribution in [0.4, 0.5) is 0 Å². The van der Waals surface area contributed by atoms with Crippen molar-refractivity contribution in [2.75, 3.05) is 13.7 Å². The normalized spacial score (nSPS) is 19.0. The van der Waals surface area contributed by atoms with E-state index in [-0.39, 0.29) is 11.3 Å². The van der Waals surface area contributed by atoms with E-state index in [1.807, 2.05) is 10.7 Å². The van der Waals surface area contributed by atoms with Crippen molar-refractivity contribution >= 4 is 41.8 Å². The van der Waals surface area contributed by atoms with Crippen molar-refractivity contribution in [3.05, 3.63) is 15.8 Å². The lowest BCUT2D eigenvalue weighted by Gasteiger charge is -2.36. The van der Waals surface area contributed by atoms with Gasteiger partial charge in [0.15, 0.2) is 12.0 Å². The average molecular weight is 488 g/mol. The molecule has 1 unspecified atom stereocenters. The maximum atomic E-state index is 6.55. The van der Waals surface area contributed by atoms with Crippen LogP contribution in [-0.4, -0.2) is 31.8 Å². The molecule has 3 rings (SSSR count). The molecule has 26 heavy (non-hydrogen) atoms. The minimum Gasteiger partial charge on any atom is -0.541 e. The van der Waals surface area contributed by atoms with E-state index in [0.717, 1.165) is 45.6 Å². The van der Waals surface area contributed by atoms with Gasteiger partial charge in [-0.25, -0.2) is 4.68 Å². The van der Waals surface area contributed by atoms with Crippen LogP contribution in [0, 0.1) is 3.70 Å². The summed E-state index contributed by atoms with van der Waals surface area (Å²) in [5, 5.41) is 5.90. The lowest BCUT2D eigenvalue weighted by molar-refractivity contribution is -0.0368. The monoisotopic (exact) mass is 488 g/mol. The van der Waals surface area contributed by atoms with Gasteiger partial charge >= 0.3 is 0 Å². The van der Waals surface area contributed by atoms with Crippen molar-refractivity contribution in [1.82, 2.24) is 9.78 Å². The summed E-state index contributed by atoms with van der Waals surface area (Å²) in [5.74, 6) is 1.59. The Morgan fingerprint density at radius 3 is 2.58 bits per heavy atom. The topological polar surface area (TPSA) is 45.5 Å². The maximum absolute atomic E-state index is 6.55. The van der Waals surface area contributed by atoms with Crippen molar-refractivity contribution in [3.8, 4) is 11.5 Å². The number of hydrogen-bond acceptors (Lipinski definition) is 4. The standard InChI is InChI=1S/C19H29IN2O3Si/c1-19(2,3)26(5,6)25-14-11-10-13-16(17(14)23-4)18(20)21-22(13)15-9-7-8-12-24-15/h10-11,15H,7-9,12H2,1-6H3. The Kier molecular flexibility index (Phi) is 5.61. The Morgan fingerprint density at radius 2 is 2.00 bits per heavy atom. The summed E-state index contributed by atoms with van der Waals surface area (Å²) in [6.07, 6.45) is 3.30. The zero-order valence-electron chi connectivity index (χ0n) is 16.6. The lowest BCUT2D eigenvalue weighted by atomic mass is 10.2. The molecule has 1 aromatic carbocycles. The van der Waals surface area contributed by atoms with Gasteiger partial charge in [0.1, 0.15) is 9.45 Å². The van der Waals surface area contributed by atoms with Gasteiger partial charge in [-0.15, -0.1) is 0 Å². The zero-order valence-corrected chi connectivity index (χ0v) is 19.7. The van der Waals surface area contributed by atoms with Crippen LogP contribution in [0.5, 0.6) is 11.5 Å². The molecule has 1 aliphatic rings. The van der Waals surface area contributed by atoms with Crippen molar-refractivity contribution in [3.63, 3.8) is 0 Å². The Hall–Kier alpha value is -0.803. The highest BCUT2D eigenvalue weighted by atomic mass is 127. The fourth-order valence-corrected chi connectivity index (χ4v) is 4.76. The average Bonchev–Trinajstić information content (AvgIpc) is 2.91. The second-order valence-electron chi connectivity index (χ2n) is 8.41. The number of halogens is 1. The predicted octanol–water partition coefficient (Wildman–Crippen LogP) is 5.73. The number of hydrogen-bond donors (Lipinski definition) is 0. The third-order valence-corrected chi connectivity index (χ3v) is 10.6. The largest absolute Gasteiger partial charge is 0.541 e. The molecule has 0 bridgehead atoms. The molecule has 0 radical (unpaired) electrons. The molecule has 144 valence electrons. The first-order valence-electron chi connectivity index (χ1n) is 9.21. The smallest absolute Gasteiger partial charge is 0.250 e. The zero-order chi connectivity index (χ0) is 19.1. The van der Waals surface area contributed by atoms with Gasteiger partial charge in [0, 0.05) is 6.61 Å². The van der Waals surface area contributed by atoms with Gasteiger partial charge in [0.25, 0.3) is 8.32 Å². The fraction of sp³-hybridized carbons (Fsp3) is 0.632. The molecule has 1 saturated heterocycles. The van der Waals surface area contributed by atoms with Crippen molar-refractivity contribution in [2.24, 2.45) is 0 Å². The third-order valence-electron chi connectivity index (χ3n) is 5.55. The van der Waals surface area contributed by atoms with E-state index < -0.39 is 8.32 Å². The lowest BCUT2D eigenvalue weighted by Crippen LogP contribution is -2.43. The van der Waals surface area contributed by atoms with E-state index in [4.69, 9.17) is 19.0 Å². The first-order valence-corrected chi connectivity index (χ1v) is 13.2. The number of aromatic nitrogens is 2. The number of rotatable bonds is 4. The van der Waals surface area contributed by atoms with Crippen LogP contribution in [0.3, 0.4) is 0 Å². The van der Waals surface area contributed by atoms with Gasteiger partial charge in [-0.1, -0.05) is 20.8 Å². The van der Waals surface area contributed by atoms with Crippen LogP contribution in [0.15, 0.2) is 12.1 Å². The van der Waals surface area contributed by atoms with E-state index in [0.29, 0.717) is 0 Å².